The molecule has 0 saturated carbocycles. The van der Waals surface area contributed by atoms with Crippen LogP contribution in [0.3, 0.4) is 0 Å². The Kier molecular flexibility index (Phi) is 5.97. The minimum atomic E-state index is -0.0496. The van der Waals surface area contributed by atoms with Crippen molar-refractivity contribution in [3.05, 3.63) is 52.3 Å². The molecule has 1 unspecified atom stereocenters. The van der Waals surface area contributed by atoms with Crippen molar-refractivity contribution < 1.29 is 4.79 Å². The van der Waals surface area contributed by atoms with E-state index in [9.17, 15) is 4.79 Å². The largest absolute Gasteiger partial charge is 0.347 e. The summed E-state index contributed by atoms with van der Waals surface area (Å²) in [6, 6.07) is 7.97. The van der Waals surface area contributed by atoms with Gasteiger partial charge in [0.15, 0.2) is 0 Å². The van der Waals surface area contributed by atoms with Gasteiger partial charge in [0.05, 0.1) is 11.3 Å². The average Bonchev–Trinajstić information content (AvgIpc) is 3.10. The van der Waals surface area contributed by atoms with Crippen LogP contribution < -0.4 is 4.90 Å². The Labute approximate surface area is 165 Å². The summed E-state index contributed by atoms with van der Waals surface area (Å²) in [7, 11) is 7.34. The van der Waals surface area contributed by atoms with Gasteiger partial charge in [-0.3, -0.25) is 9.69 Å². The van der Waals surface area contributed by atoms with Crippen molar-refractivity contribution >= 4 is 23.5 Å². The molecule has 1 aromatic heterocycles. The highest BCUT2D eigenvalue weighted by molar-refractivity contribution is 6.30. The first-order valence-electron chi connectivity index (χ1n) is 9.08. The van der Waals surface area contributed by atoms with Crippen LogP contribution in [0.4, 0.5) is 5.95 Å². The van der Waals surface area contributed by atoms with Gasteiger partial charge in [-0.15, -0.1) is 0 Å². The van der Waals surface area contributed by atoms with Crippen LogP contribution >= 0.6 is 11.6 Å². The maximum atomic E-state index is 12.6. The zero-order chi connectivity index (χ0) is 19.6. The van der Waals surface area contributed by atoms with Crippen LogP contribution in [0, 0.1) is 0 Å². The van der Waals surface area contributed by atoms with E-state index in [4.69, 9.17) is 16.6 Å². The van der Waals surface area contributed by atoms with Crippen LogP contribution in [-0.4, -0.2) is 67.0 Å². The smallest absolute Gasteiger partial charge is 0.256 e. The predicted molar refractivity (Wildman–Crippen MR) is 108 cm³/mol. The fraction of sp³-hybridized carbons (Fsp3) is 0.450. The number of amides is 1. The molecule has 0 aliphatic carbocycles. The first-order chi connectivity index (χ1) is 12.8. The summed E-state index contributed by atoms with van der Waals surface area (Å²) in [4.78, 5) is 27.5. The highest BCUT2D eigenvalue weighted by Gasteiger charge is 2.30. The van der Waals surface area contributed by atoms with Gasteiger partial charge in [0.2, 0.25) is 5.95 Å². The Morgan fingerprint density at radius 1 is 1.22 bits per heavy atom. The van der Waals surface area contributed by atoms with E-state index in [2.05, 4.69) is 22.0 Å². The van der Waals surface area contributed by atoms with Crippen LogP contribution in [0.1, 0.15) is 34.0 Å². The van der Waals surface area contributed by atoms with E-state index >= 15 is 0 Å². The molecule has 0 N–H and O–H groups in total. The Hall–Kier alpha value is -2.18. The summed E-state index contributed by atoms with van der Waals surface area (Å²) in [5, 5.41) is 0.752. The summed E-state index contributed by atoms with van der Waals surface area (Å²) in [5.41, 5.74) is 2.69. The number of likely N-dealkylation sites (tertiary alicyclic amines) is 1. The molecule has 2 aromatic rings. The van der Waals surface area contributed by atoms with Gasteiger partial charge >= 0.3 is 0 Å². The number of rotatable bonds is 5. The molecule has 7 heteroatoms. The Bertz CT molecular complexity index is 807. The number of hydrogen-bond acceptors (Lipinski definition) is 5. The molecule has 0 spiro atoms. The second kappa shape index (κ2) is 8.23. The topological polar surface area (TPSA) is 52.6 Å². The summed E-state index contributed by atoms with van der Waals surface area (Å²) >= 11 is 5.98. The van der Waals surface area contributed by atoms with Crippen LogP contribution in [0.15, 0.2) is 30.5 Å². The maximum Gasteiger partial charge on any atom is 0.256 e. The quantitative estimate of drug-likeness (QED) is 0.789. The molecule has 144 valence electrons. The third-order valence-electron chi connectivity index (χ3n) is 4.82. The van der Waals surface area contributed by atoms with Crippen molar-refractivity contribution in [1.82, 2.24) is 19.8 Å². The lowest BCUT2D eigenvalue weighted by molar-refractivity contribution is 0.0825. The molecule has 0 bridgehead atoms. The molecular weight excluding hydrogens is 362 g/mol. The van der Waals surface area contributed by atoms with Gasteiger partial charge < -0.3 is 9.80 Å². The van der Waals surface area contributed by atoms with Crippen molar-refractivity contribution in [2.24, 2.45) is 0 Å². The molecule has 1 saturated heterocycles. The monoisotopic (exact) mass is 387 g/mol. The Balaban J connectivity index is 1.81. The van der Waals surface area contributed by atoms with E-state index in [-0.39, 0.29) is 11.8 Å². The second-order valence-corrected chi connectivity index (χ2v) is 7.85. The number of carbonyl (C=O) groups excluding carboxylic acids is 1. The van der Waals surface area contributed by atoms with Crippen molar-refractivity contribution in [1.29, 1.82) is 0 Å². The molecule has 1 amide bonds. The molecule has 1 fully saturated rings. The van der Waals surface area contributed by atoms with Gasteiger partial charge in [0.25, 0.3) is 5.91 Å². The number of carbonyl (C=O) groups is 1. The van der Waals surface area contributed by atoms with E-state index in [1.54, 1.807) is 25.2 Å². The maximum absolute atomic E-state index is 12.6. The highest BCUT2D eigenvalue weighted by Crippen LogP contribution is 2.30. The Morgan fingerprint density at radius 3 is 2.56 bits per heavy atom. The molecule has 1 atom stereocenters. The van der Waals surface area contributed by atoms with E-state index in [0.717, 1.165) is 36.8 Å². The molecule has 1 aliphatic heterocycles. The normalized spacial score (nSPS) is 17.1. The lowest BCUT2D eigenvalue weighted by Crippen LogP contribution is -2.26. The lowest BCUT2D eigenvalue weighted by atomic mass is 9.99. The zero-order valence-electron chi connectivity index (χ0n) is 16.3. The standard InChI is InChI=1S/C20H26ClN5O/c1-24(2)19(27)17-11-22-20(25(3)4)23-18(17)15-9-10-26(13-15)12-14-5-7-16(21)8-6-14/h5-8,11,15H,9-10,12-13H2,1-4H3. The number of anilines is 1. The fourth-order valence-electron chi connectivity index (χ4n) is 3.37. The van der Waals surface area contributed by atoms with Crippen LogP contribution in [0.25, 0.3) is 0 Å². The van der Waals surface area contributed by atoms with Crippen molar-refractivity contribution in [3.63, 3.8) is 0 Å². The number of aromatic nitrogens is 2. The number of hydrogen-bond donors (Lipinski definition) is 0. The highest BCUT2D eigenvalue weighted by atomic mass is 35.5. The predicted octanol–water partition coefficient (Wildman–Crippen LogP) is 2.89. The van der Waals surface area contributed by atoms with Gasteiger partial charge in [0.1, 0.15) is 0 Å². The third-order valence-corrected chi connectivity index (χ3v) is 5.07. The van der Waals surface area contributed by atoms with E-state index < -0.39 is 0 Å². The van der Waals surface area contributed by atoms with E-state index in [1.807, 2.05) is 31.1 Å². The minimum Gasteiger partial charge on any atom is -0.347 e. The third kappa shape index (κ3) is 4.57. The molecule has 2 heterocycles. The van der Waals surface area contributed by atoms with Gasteiger partial charge in [-0.25, -0.2) is 9.97 Å². The molecule has 27 heavy (non-hydrogen) atoms. The first-order valence-corrected chi connectivity index (χ1v) is 9.45. The van der Waals surface area contributed by atoms with Crippen LogP contribution in [0.5, 0.6) is 0 Å². The van der Waals surface area contributed by atoms with Gasteiger partial charge in [-0.2, -0.15) is 0 Å². The molecule has 1 aliphatic rings. The minimum absolute atomic E-state index is 0.0496. The van der Waals surface area contributed by atoms with E-state index in [1.165, 1.54) is 5.56 Å². The molecule has 1 aromatic carbocycles. The van der Waals surface area contributed by atoms with Crippen molar-refractivity contribution in [3.8, 4) is 0 Å². The van der Waals surface area contributed by atoms with Crippen LogP contribution in [0.2, 0.25) is 5.02 Å². The summed E-state index contributed by atoms with van der Waals surface area (Å²) in [6.07, 6.45) is 2.65. The van der Waals surface area contributed by atoms with E-state index in [0.29, 0.717) is 11.5 Å². The molecule has 3 rings (SSSR count). The van der Waals surface area contributed by atoms with Gasteiger partial charge in [-0.05, 0) is 30.7 Å². The summed E-state index contributed by atoms with van der Waals surface area (Å²) < 4.78 is 0. The average molecular weight is 388 g/mol. The first kappa shape index (κ1) is 19.6. The van der Waals surface area contributed by atoms with Gasteiger partial charge in [-0.1, -0.05) is 23.7 Å². The lowest BCUT2D eigenvalue weighted by Gasteiger charge is -2.20. The second-order valence-electron chi connectivity index (χ2n) is 7.41. The Morgan fingerprint density at radius 2 is 1.93 bits per heavy atom. The van der Waals surface area contributed by atoms with Crippen LogP contribution in [-0.2, 0) is 6.54 Å². The molecule has 6 nitrogen and oxygen atoms in total. The fourth-order valence-corrected chi connectivity index (χ4v) is 3.49. The summed E-state index contributed by atoms with van der Waals surface area (Å²) in [5.74, 6) is 0.806. The number of halogens is 1. The zero-order valence-corrected chi connectivity index (χ0v) is 17.1. The number of benzene rings is 1. The summed E-state index contributed by atoms with van der Waals surface area (Å²) in [6.45, 7) is 2.72. The number of nitrogens with zero attached hydrogens (tertiary/aromatic N) is 5. The van der Waals surface area contributed by atoms with Crippen molar-refractivity contribution in [2.45, 2.75) is 18.9 Å². The molecular formula is C20H26ClN5O. The van der Waals surface area contributed by atoms with Gasteiger partial charge in [0, 0.05) is 58.4 Å². The SMILES string of the molecule is CN(C)C(=O)c1cnc(N(C)C)nc1C1CCN(Cc2ccc(Cl)cc2)C1. The van der Waals surface area contributed by atoms with Crippen molar-refractivity contribution in [2.75, 3.05) is 46.2 Å². The molecule has 0 radical (unpaired) electrons.